The molecule has 5 nitrogen and oxygen atoms in total. The first kappa shape index (κ1) is 17.1. The average Bonchev–Trinajstić information content (AvgIpc) is 2.78. The Bertz CT molecular complexity index is 660. The minimum atomic E-state index is -2.92. The lowest BCUT2D eigenvalue weighted by atomic mass is 10.1. The van der Waals surface area contributed by atoms with Gasteiger partial charge in [-0.25, -0.2) is 8.42 Å². The predicted molar refractivity (Wildman–Crippen MR) is 86.0 cm³/mol. The van der Waals surface area contributed by atoms with Gasteiger partial charge in [-0.2, -0.15) is 0 Å². The number of benzene rings is 1. The van der Waals surface area contributed by atoms with Crippen LogP contribution in [-0.4, -0.2) is 38.5 Å². The molecule has 7 heteroatoms. The van der Waals surface area contributed by atoms with Crippen molar-refractivity contribution in [3.8, 4) is 5.75 Å². The molecule has 122 valence electrons. The van der Waals surface area contributed by atoms with Gasteiger partial charge in [-0.15, -0.1) is 0 Å². The topological polar surface area (TPSA) is 72.5 Å². The van der Waals surface area contributed by atoms with Crippen LogP contribution in [0.5, 0.6) is 5.75 Å². The van der Waals surface area contributed by atoms with Crippen molar-refractivity contribution in [2.45, 2.75) is 26.4 Å². The zero-order valence-corrected chi connectivity index (χ0v) is 14.2. The summed E-state index contributed by atoms with van der Waals surface area (Å²) < 4.78 is 28.4. The molecule has 0 bridgehead atoms. The van der Waals surface area contributed by atoms with Crippen molar-refractivity contribution in [1.29, 1.82) is 0 Å². The molecular formula is C15H20ClNO4S. The number of hydrogen-bond acceptors (Lipinski definition) is 4. The van der Waals surface area contributed by atoms with Crippen molar-refractivity contribution < 1.29 is 17.9 Å². The molecule has 1 saturated heterocycles. The molecule has 1 N–H and O–H groups in total. The Morgan fingerprint density at radius 1 is 1.50 bits per heavy atom. The molecule has 0 saturated carbocycles. The summed E-state index contributed by atoms with van der Waals surface area (Å²) in [4.78, 5) is 12.0. The van der Waals surface area contributed by atoms with Gasteiger partial charge in [0.2, 0.25) is 0 Å². The van der Waals surface area contributed by atoms with E-state index in [2.05, 4.69) is 5.32 Å². The van der Waals surface area contributed by atoms with Gasteiger partial charge >= 0.3 is 0 Å². The van der Waals surface area contributed by atoms with E-state index in [0.717, 1.165) is 5.56 Å². The Kier molecular flexibility index (Phi) is 5.34. The van der Waals surface area contributed by atoms with Crippen LogP contribution in [0.15, 0.2) is 18.2 Å². The maximum absolute atomic E-state index is 12.0. The third-order valence-electron chi connectivity index (χ3n) is 3.70. The maximum Gasteiger partial charge on any atom is 0.260 e. The summed E-state index contributed by atoms with van der Waals surface area (Å²) in [7, 11) is -2.92. The first-order valence-electron chi connectivity index (χ1n) is 7.18. The molecular weight excluding hydrogens is 326 g/mol. The van der Waals surface area contributed by atoms with E-state index < -0.39 is 15.9 Å². The normalized spacial score (nSPS) is 21.3. The fraction of sp³-hybridized carbons (Fsp3) is 0.533. The van der Waals surface area contributed by atoms with Crippen LogP contribution in [0.25, 0.3) is 0 Å². The average molecular weight is 346 g/mol. The van der Waals surface area contributed by atoms with E-state index in [1.807, 2.05) is 6.92 Å². The van der Waals surface area contributed by atoms with Crippen LogP contribution >= 0.6 is 11.6 Å². The number of carbonyl (C=O) groups excluding carboxylic acids is 1. The summed E-state index contributed by atoms with van der Waals surface area (Å²) in [5.41, 5.74) is 0.856. The van der Waals surface area contributed by atoms with E-state index in [0.29, 0.717) is 23.7 Å². The van der Waals surface area contributed by atoms with Crippen LogP contribution in [-0.2, 0) is 14.6 Å². The molecule has 22 heavy (non-hydrogen) atoms. The van der Waals surface area contributed by atoms with E-state index in [1.54, 1.807) is 25.1 Å². The minimum Gasteiger partial charge on any atom is -0.481 e. The highest BCUT2D eigenvalue weighted by Gasteiger charge is 2.28. The molecule has 1 heterocycles. The first-order chi connectivity index (χ1) is 10.3. The molecule has 1 aliphatic heterocycles. The van der Waals surface area contributed by atoms with Crippen LogP contribution in [0.1, 0.15) is 18.9 Å². The van der Waals surface area contributed by atoms with Crippen LogP contribution in [0.2, 0.25) is 5.02 Å². The van der Waals surface area contributed by atoms with Crippen molar-refractivity contribution in [3.63, 3.8) is 0 Å². The summed E-state index contributed by atoms with van der Waals surface area (Å²) in [6, 6.07) is 5.20. The Morgan fingerprint density at radius 2 is 2.23 bits per heavy atom. The summed E-state index contributed by atoms with van der Waals surface area (Å²) in [6.07, 6.45) is -0.0494. The monoisotopic (exact) mass is 345 g/mol. The van der Waals surface area contributed by atoms with Gasteiger partial charge in [-0.05, 0) is 49.9 Å². The van der Waals surface area contributed by atoms with Crippen molar-refractivity contribution >= 4 is 27.3 Å². The molecule has 1 aliphatic rings. The van der Waals surface area contributed by atoms with Gasteiger partial charge in [-0.3, -0.25) is 4.79 Å². The van der Waals surface area contributed by atoms with Crippen molar-refractivity contribution in [3.05, 3.63) is 28.8 Å². The van der Waals surface area contributed by atoms with Crippen molar-refractivity contribution in [1.82, 2.24) is 5.32 Å². The third kappa shape index (κ3) is 4.61. The molecule has 0 aromatic heterocycles. The van der Waals surface area contributed by atoms with E-state index in [-0.39, 0.29) is 23.3 Å². The number of aryl methyl sites for hydroxylation is 1. The smallest absolute Gasteiger partial charge is 0.260 e. The van der Waals surface area contributed by atoms with E-state index >= 15 is 0 Å². The molecule has 1 aromatic rings. The molecule has 0 radical (unpaired) electrons. The lowest BCUT2D eigenvalue weighted by molar-refractivity contribution is -0.127. The lowest BCUT2D eigenvalue weighted by Crippen LogP contribution is -2.39. The molecule has 1 aromatic carbocycles. The molecule has 2 atom stereocenters. The second-order valence-electron chi connectivity index (χ2n) is 5.68. The highest BCUT2D eigenvalue weighted by atomic mass is 35.5. The molecule has 0 unspecified atom stereocenters. The van der Waals surface area contributed by atoms with Gasteiger partial charge in [0.25, 0.3) is 5.91 Å². The SMILES string of the molecule is Cc1cc(Cl)ccc1O[C@H](C)C(=O)NC[C@H]1CCS(=O)(=O)C1. The van der Waals surface area contributed by atoms with E-state index in [4.69, 9.17) is 16.3 Å². The van der Waals surface area contributed by atoms with Crippen LogP contribution < -0.4 is 10.1 Å². The molecule has 1 amide bonds. The number of nitrogens with one attached hydrogen (secondary N) is 1. The largest absolute Gasteiger partial charge is 0.481 e. The number of hydrogen-bond donors (Lipinski definition) is 1. The second-order valence-corrected chi connectivity index (χ2v) is 8.35. The summed E-state index contributed by atoms with van der Waals surface area (Å²) >= 11 is 5.88. The number of ether oxygens (including phenoxy) is 1. The van der Waals surface area contributed by atoms with Gasteiger partial charge in [0.05, 0.1) is 11.5 Å². The van der Waals surface area contributed by atoms with Crippen LogP contribution in [0, 0.1) is 12.8 Å². The van der Waals surface area contributed by atoms with Crippen molar-refractivity contribution in [2.75, 3.05) is 18.1 Å². The second kappa shape index (κ2) is 6.87. The summed E-state index contributed by atoms with van der Waals surface area (Å²) in [5.74, 6) is 0.718. The number of carbonyl (C=O) groups is 1. The Labute approximate surface area is 135 Å². The minimum absolute atomic E-state index is 0.00146. The number of rotatable bonds is 5. The molecule has 0 spiro atoms. The van der Waals surface area contributed by atoms with Crippen molar-refractivity contribution in [2.24, 2.45) is 5.92 Å². The summed E-state index contributed by atoms with van der Waals surface area (Å²) in [5, 5.41) is 3.37. The quantitative estimate of drug-likeness (QED) is 0.885. The molecule has 0 aliphatic carbocycles. The highest BCUT2D eigenvalue weighted by molar-refractivity contribution is 7.91. The number of halogens is 1. The Balaban J connectivity index is 1.84. The van der Waals surface area contributed by atoms with E-state index in [1.165, 1.54) is 0 Å². The maximum atomic E-state index is 12.0. The fourth-order valence-electron chi connectivity index (χ4n) is 2.41. The zero-order chi connectivity index (χ0) is 16.3. The number of amides is 1. The third-order valence-corrected chi connectivity index (χ3v) is 5.77. The van der Waals surface area contributed by atoms with Gasteiger partial charge in [0.15, 0.2) is 15.9 Å². The lowest BCUT2D eigenvalue weighted by Gasteiger charge is -2.17. The fourth-order valence-corrected chi connectivity index (χ4v) is 4.50. The zero-order valence-electron chi connectivity index (χ0n) is 12.6. The summed E-state index contributed by atoms with van der Waals surface area (Å²) in [6.45, 7) is 3.88. The number of sulfone groups is 1. The van der Waals surface area contributed by atoms with Crippen LogP contribution in [0.3, 0.4) is 0 Å². The highest BCUT2D eigenvalue weighted by Crippen LogP contribution is 2.23. The van der Waals surface area contributed by atoms with Gasteiger partial charge in [0.1, 0.15) is 5.75 Å². The predicted octanol–water partition coefficient (Wildman–Crippen LogP) is 1.97. The van der Waals surface area contributed by atoms with Gasteiger partial charge in [-0.1, -0.05) is 11.6 Å². The van der Waals surface area contributed by atoms with E-state index in [9.17, 15) is 13.2 Å². The van der Waals surface area contributed by atoms with Gasteiger partial charge < -0.3 is 10.1 Å². The Hall–Kier alpha value is -1.27. The molecule has 2 rings (SSSR count). The van der Waals surface area contributed by atoms with Crippen LogP contribution in [0.4, 0.5) is 0 Å². The Morgan fingerprint density at radius 3 is 2.82 bits per heavy atom. The molecule has 1 fully saturated rings. The first-order valence-corrected chi connectivity index (χ1v) is 9.38. The van der Waals surface area contributed by atoms with Gasteiger partial charge in [0, 0.05) is 11.6 Å². The standard InChI is InChI=1S/C15H20ClNO4S/c1-10-7-13(16)3-4-14(10)21-11(2)15(18)17-8-12-5-6-22(19,20)9-12/h3-4,7,11-12H,5-6,8-9H2,1-2H3,(H,17,18)/t11-,12-/m1/s1.